The van der Waals surface area contributed by atoms with Crippen molar-refractivity contribution in [1.29, 1.82) is 0 Å². The van der Waals surface area contributed by atoms with E-state index in [-0.39, 0.29) is 12.0 Å². The Kier molecular flexibility index (Phi) is 6.04. The Morgan fingerprint density at radius 1 is 1.15 bits per heavy atom. The van der Waals surface area contributed by atoms with Gasteiger partial charge in [-0.3, -0.25) is 14.8 Å². The lowest BCUT2D eigenvalue weighted by molar-refractivity contribution is -0.139. The molecule has 1 N–H and O–H groups in total. The summed E-state index contributed by atoms with van der Waals surface area (Å²) in [5.74, 6) is 0.911. The number of H-pyrrole nitrogens is 1. The van der Waals surface area contributed by atoms with Gasteiger partial charge in [-0.1, -0.05) is 18.2 Å². The van der Waals surface area contributed by atoms with Crippen molar-refractivity contribution in [2.75, 3.05) is 26.8 Å². The number of rotatable bonds is 6. The lowest BCUT2D eigenvalue weighted by Gasteiger charge is -2.33. The number of ether oxygens (including phenoxy) is 2. The molecule has 2 aromatic carbocycles. The van der Waals surface area contributed by atoms with E-state index in [4.69, 9.17) is 9.47 Å². The number of hydrogen-bond donors (Lipinski definition) is 1. The maximum atomic E-state index is 13.0. The van der Waals surface area contributed by atoms with Crippen LogP contribution in [0.3, 0.4) is 0 Å². The minimum atomic E-state index is -0.318. The molecule has 7 nitrogen and oxygen atoms in total. The summed E-state index contributed by atoms with van der Waals surface area (Å²) in [7, 11) is 1.64. The molecular weight excluding hydrogens is 416 g/mol. The molecule has 1 aliphatic heterocycles. The van der Waals surface area contributed by atoms with Gasteiger partial charge in [0.05, 0.1) is 31.6 Å². The van der Waals surface area contributed by atoms with Crippen molar-refractivity contribution in [2.24, 2.45) is 0 Å². The highest BCUT2D eigenvalue weighted by Crippen LogP contribution is 2.30. The van der Waals surface area contributed by atoms with Gasteiger partial charge in [0.1, 0.15) is 11.9 Å². The summed E-state index contributed by atoms with van der Waals surface area (Å²) in [6, 6.07) is 15.9. The first-order valence-electron chi connectivity index (χ1n) is 11.1. The lowest BCUT2D eigenvalue weighted by atomic mass is 10.0. The molecular formula is C26H26N4O3. The highest BCUT2D eigenvalue weighted by Gasteiger charge is 2.28. The van der Waals surface area contributed by atoms with E-state index >= 15 is 0 Å². The van der Waals surface area contributed by atoms with Gasteiger partial charge in [-0.25, -0.2) is 0 Å². The second kappa shape index (κ2) is 9.42. The number of morpholine rings is 1. The molecule has 1 unspecified atom stereocenters. The molecule has 1 aliphatic rings. The highest BCUT2D eigenvalue weighted by molar-refractivity contribution is 5.84. The molecule has 2 aromatic heterocycles. The predicted molar refractivity (Wildman–Crippen MR) is 126 cm³/mol. The molecule has 5 rings (SSSR count). The lowest BCUT2D eigenvalue weighted by Crippen LogP contribution is -2.42. The van der Waals surface area contributed by atoms with Gasteiger partial charge in [0.15, 0.2) is 0 Å². The van der Waals surface area contributed by atoms with Crippen molar-refractivity contribution in [1.82, 2.24) is 19.9 Å². The summed E-state index contributed by atoms with van der Waals surface area (Å²) < 4.78 is 11.3. The zero-order chi connectivity index (χ0) is 22.6. The molecule has 0 saturated carbocycles. The van der Waals surface area contributed by atoms with E-state index < -0.39 is 0 Å². The normalized spacial score (nSPS) is 16.2. The predicted octanol–water partition coefficient (Wildman–Crippen LogP) is 4.17. The molecule has 0 aliphatic carbocycles. The molecule has 3 heterocycles. The van der Waals surface area contributed by atoms with Gasteiger partial charge in [-0.15, -0.1) is 0 Å². The van der Waals surface area contributed by atoms with Crippen LogP contribution in [0, 0.1) is 0 Å². The van der Waals surface area contributed by atoms with Crippen LogP contribution in [-0.4, -0.2) is 52.6 Å². The van der Waals surface area contributed by atoms with Crippen LogP contribution in [0.1, 0.15) is 23.8 Å². The summed E-state index contributed by atoms with van der Waals surface area (Å²) >= 11 is 0. The van der Waals surface area contributed by atoms with Crippen LogP contribution in [0.2, 0.25) is 0 Å². The minimum absolute atomic E-state index is 0.128. The molecule has 0 spiro atoms. The molecule has 4 aromatic rings. The van der Waals surface area contributed by atoms with Crippen LogP contribution in [0.25, 0.3) is 22.2 Å². The smallest absolute Gasteiger partial charge is 0.223 e. The molecule has 0 radical (unpaired) electrons. The van der Waals surface area contributed by atoms with Crippen LogP contribution in [-0.2, 0) is 16.0 Å². The Hall–Kier alpha value is -3.71. The van der Waals surface area contributed by atoms with E-state index in [1.54, 1.807) is 19.5 Å². The van der Waals surface area contributed by atoms with E-state index in [2.05, 4.69) is 27.1 Å². The second-order valence-corrected chi connectivity index (χ2v) is 8.08. The third-order valence-electron chi connectivity index (χ3n) is 6.10. The van der Waals surface area contributed by atoms with Gasteiger partial charge in [0.2, 0.25) is 5.91 Å². The molecule has 7 heteroatoms. The fourth-order valence-electron chi connectivity index (χ4n) is 4.34. The molecule has 33 heavy (non-hydrogen) atoms. The third kappa shape index (κ3) is 4.45. The van der Waals surface area contributed by atoms with E-state index in [9.17, 15) is 4.79 Å². The van der Waals surface area contributed by atoms with Gasteiger partial charge < -0.3 is 19.4 Å². The first-order chi connectivity index (χ1) is 16.2. The topological polar surface area (TPSA) is 80.3 Å². The number of aryl methyl sites for hydroxylation is 1. The number of nitrogens with one attached hydrogen (secondary N) is 1. The Balaban J connectivity index is 1.29. The van der Waals surface area contributed by atoms with E-state index in [0.29, 0.717) is 32.5 Å². The third-order valence-corrected chi connectivity index (χ3v) is 6.10. The molecule has 168 valence electrons. The van der Waals surface area contributed by atoms with Crippen molar-refractivity contribution in [3.63, 3.8) is 0 Å². The summed E-state index contributed by atoms with van der Waals surface area (Å²) in [4.78, 5) is 27.3. The zero-order valence-electron chi connectivity index (χ0n) is 18.5. The average Bonchev–Trinajstić information content (AvgIpc) is 3.30. The fourth-order valence-corrected chi connectivity index (χ4v) is 4.34. The maximum Gasteiger partial charge on any atom is 0.223 e. The summed E-state index contributed by atoms with van der Waals surface area (Å²) in [6.45, 7) is 1.53. The van der Waals surface area contributed by atoms with Crippen LogP contribution in [0.15, 0.2) is 67.1 Å². The second-order valence-electron chi connectivity index (χ2n) is 8.08. The number of carbonyl (C=O) groups is 1. The number of aromatic nitrogens is 3. The number of fused-ring (bicyclic) bond motifs is 1. The molecule has 1 fully saturated rings. The van der Waals surface area contributed by atoms with Gasteiger partial charge in [-0.05, 0) is 42.3 Å². The number of benzene rings is 2. The van der Waals surface area contributed by atoms with Gasteiger partial charge >= 0.3 is 0 Å². The quantitative estimate of drug-likeness (QED) is 0.485. The van der Waals surface area contributed by atoms with Crippen LogP contribution in [0.4, 0.5) is 0 Å². The molecule has 1 saturated heterocycles. The average molecular weight is 443 g/mol. The highest BCUT2D eigenvalue weighted by atomic mass is 16.5. The van der Waals surface area contributed by atoms with Crippen molar-refractivity contribution in [3.8, 4) is 17.0 Å². The number of nitrogens with zero attached hydrogens (tertiary/aromatic N) is 3. The Morgan fingerprint density at radius 3 is 2.82 bits per heavy atom. The standard InChI is InChI=1S/C26H26N4O3/c1-32-20-9-6-18(7-10-20)25-26(28-13-12-27-25)23-17-30(14-15-33-23)24(31)11-8-19-16-29-22-5-3-2-4-21(19)22/h2-7,9-10,12-13,16,23,29H,8,11,14-15,17H2,1H3. The van der Waals surface area contributed by atoms with Gasteiger partial charge in [-0.2, -0.15) is 0 Å². The summed E-state index contributed by atoms with van der Waals surface area (Å²) in [5.41, 5.74) is 4.71. The number of amides is 1. The van der Waals surface area contributed by atoms with Crippen LogP contribution < -0.4 is 4.74 Å². The molecule has 1 amide bonds. The number of methoxy groups -OCH3 is 1. The van der Waals surface area contributed by atoms with Crippen molar-refractivity contribution in [3.05, 3.63) is 78.4 Å². The van der Waals surface area contributed by atoms with E-state index in [0.717, 1.165) is 28.2 Å². The summed E-state index contributed by atoms with van der Waals surface area (Å²) in [6.07, 6.45) is 6.19. The number of para-hydroxylation sites is 1. The number of aromatic amines is 1. The SMILES string of the molecule is COc1ccc(-c2nccnc2C2CN(C(=O)CCc3c[nH]c4ccccc34)CCO2)cc1. The Bertz CT molecular complexity index is 1250. The van der Waals surface area contributed by atoms with Crippen LogP contribution >= 0.6 is 0 Å². The first kappa shape index (κ1) is 21.2. The van der Waals surface area contributed by atoms with Gasteiger partial charge in [0, 0.05) is 48.0 Å². The monoisotopic (exact) mass is 442 g/mol. The van der Waals surface area contributed by atoms with Gasteiger partial charge in [0.25, 0.3) is 0 Å². The Morgan fingerprint density at radius 2 is 1.97 bits per heavy atom. The number of hydrogen-bond acceptors (Lipinski definition) is 5. The van der Waals surface area contributed by atoms with E-state index in [1.165, 1.54) is 10.9 Å². The number of carbonyl (C=O) groups excluding carboxylic acids is 1. The van der Waals surface area contributed by atoms with Crippen LogP contribution in [0.5, 0.6) is 5.75 Å². The van der Waals surface area contributed by atoms with Crippen molar-refractivity contribution in [2.45, 2.75) is 18.9 Å². The largest absolute Gasteiger partial charge is 0.497 e. The maximum absolute atomic E-state index is 13.0. The first-order valence-corrected chi connectivity index (χ1v) is 11.1. The fraction of sp³-hybridized carbons (Fsp3) is 0.269. The molecule has 1 atom stereocenters. The van der Waals surface area contributed by atoms with E-state index in [1.807, 2.05) is 47.5 Å². The minimum Gasteiger partial charge on any atom is -0.497 e. The summed E-state index contributed by atoms with van der Waals surface area (Å²) in [5, 5.41) is 1.17. The Labute approximate surface area is 192 Å². The molecule has 0 bridgehead atoms. The zero-order valence-corrected chi connectivity index (χ0v) is 18.5. The van der Waals surface area contributed by atoms with Crippen molar-refractivity contribution >= 4 is 16.8 Å². The van der Waals surface area contributed by atoms with Crippen molar-refractivity contribution < 1.29 is 14.3 Å².